The highest BCUT2D eigenvalue weighted by atomic mass is 32.2. The molecule has 8 heteroatoms. The first-order chi connectivity index (χ1) is 14.6. The first-order valence-electron chi connectivity index (χ1n) is 9.98. The Hall–Kier alpha value is -3.05. The van der Waals surface area contributed by atoms with E-state index < -0.39 is 10.0 Å². The van der Waals surface area contributed by atoms with Crippen LogP contribution < -0.4 is 9.04 Å². The van der Waals surface area contributed by atoms with Gasteiger partial charge in [0, 0.05) is 26.1 Å². The van der Waals surface area contributed by atoms with Crippen LogP contribution in [0.2, 0.25) is 0 Å². The zero-order valence-electron chi connectivity index (χ0n) is 18.6. The summed E-state index contributed by atoms with van der Waals surface area (Å²) in [4.78, 5) is 14.3. The van der Waals surface area contributed by atoms with Gasteiger partial charge in [0.25, 0.3) is 10.0 Å². The number of hydrogen-bond donors (Lipinski definition) is 0. The van der Waals surface area contributed by atoms with Gasteiger partial charge >= 0.3 is 0 Å². The predicted molar refractivity (Wildman–Crippen MR) is 121 cm³/mol. The number of methoxy groups -OCH3 is 1. The molecule has 2 rings (SSSR count). The van der Waals surface area contributed by atoms with Crippen LogP contribution in [0.15, 0.2) is 47.4 Å². The van der Waals surface area contributed by atoms with Gasteiger partial charge in [0.2, 0.25) is 5.91 Å². The fraction of sp³-hybridized carbons (Fsp3) is 0.391. The van der Waals surface area contributed by atoms with E-state index in [0.717, 1.165) is 5.56 Å². The number of carbonyl (C=O) groups is 1. The minimum atomic E-state index is -3.90. The standard InChI is InChI=1S/C23H29N3O4S/c1-17-6-11-22(18(2)16-17)31(28,29)26(20-7-9-21(30-5)10-8-20)15-13-23(27)25(4)19(3)12-14-24/h6-11,16,19H,12-13,15H2,1-5H3. The molecule has 0 spiro atoms. The highest BCUT2D eigenvalue weighted by molar-refractivity contribution is 7.92. The molecule has 0 aliphatic rings. The summed E-state index contributed by atoms with van der Waals surface area (Å²) >= 11 is 0. The lowest BCUT2D eigenvalue weighted by Gasteiger charge is -2.28. The van der Waals surface area contributed by atoms with Gasteiger partial charge < -0.3 is 9.64 Å². The second-order valence-corrected chi connectivity index (χ2v) is 9.34. The molecule has 1 unspecified atom stereocenters. The molecule has 0 aliphatic heterocycles. The van der Waals surface area contributed by atoms with Crippen LogP contribution in [-0.2, 0) is 14.8 Å². The second kappa shape index (κ2) is 10.3. The number of amides is 1. The van der Waals surface area contributed by atoms with Crippen molar-refractivity contribution in [2.75, 3.05) is 25.0 Å². The molecule has 166 valence electrons. The zero-order chi connectivity index (χ0) is 23.2. The number of carbonyl (C=O) groups excluding carboxylic acids is 1. The van der Waals surface area contributed by atoms with E-state index >= 15 is 0 Å². The Kier molecular flexibility index (Phi) is 8.06. The molecule has 0 saturated carbocycles. The molecule has 1 atom stereocenters. The molecule has 0 fully saturated rings. The van der Waals surface area contributed by atoms with E-state index in [-0.39, 0.29) is 36.2 Å². The summed E-state index contributed by atoms with van der Waals surface area (Å²) in [6.07, 6.45) is 0.202. The molecule has 0 aromatic heterocycles. The molecule has 0 heterocycles. The van der Waals surface area contributed by atoms with Crippen molar-refractivity contribution >= 4 is 21.6 Å². The van der Waals surface area contributed by atoms with Crippen LogP contribution in [0.1, 0.15) is 30.9 Å². The van der Waals surface area contributed by atoms with Gasteiger partial charge in [-0.2, -0.15) is 5.26 Å². The molecule has 0 aliphatic carbocycles. The maximum absolute atomic E-state index is 13.6. The van der Waals surface area contributed by atoms with Crippen LogP contribution in [0, 0.1) is 25.2 Å². The third-order valence-corrected chi connectivity index (χ3v) is 7.22. The quantitative estimate of drug-likeness (QED) is 0.590. The summed E-state index contributed by atoms with van der Waals surface area (Å²) in [6.45, 7) is 5.43. The van der Waals surface area contributed by atoms with Gasteiger partial charge in [-0.3, -0.25) is 9.10 Å². The third-order valence-electron chi connectivity index (χ3n) is 5.23. The number of anilines is 1. The van der Waals surface area contributed by atoms with E-state index in [1.54, 1.807) is 57.3 Å². The predicted octanol–water partition coefficient (Wildman–Crippen LogP) is 3.66. The average Bonchev–Trinajstić information content (AvgIpc) is 2.73. The SMILES string of the molecule is COc1ccc(N(CCC(=O)N(C)C(C)CC#N)S(=O)(=O)c2ccc(C)cc2C)cc1. The summed E-state index contributed by atoms with van der Waals surface area (Å²) in [5.41, 5.74) is 2.06. The minimum Gasteiger partial charge on any atom is -0.497 e. The number of hydrogen-bond acceptors (Lipinski definition) is 5. The number of nitriles is 1. The van der Waals surface area contributed by atoms with Gasteiger partial charge in [-0.15, -0.1) is 0 Å². The molecule has 0 radical (unpaired) electrons. The molecular formula is C23H29N3O4S. The van der Waals surface area contributed by atoms with Crippen molar-refractivity contribution < 1.29 is 17.9 Å². The van der Waals surface area contributed by atoms with Crippen molar-refractivity contribution in [1.29, 1.82) is 5.26 Å². The average molecular weight is 444 g/mol. The second-order valence-electron chi connectivity index (χ2n) is 7.51. The zero-order valence-corrected chi connectivity index (χ0v) is 19.4. The molecule has 0 bridgehead atoms. The number of rotatable bonds is 9. The van der Waals surface area contributed by atoms with E-state index in [1.165, 1.54) is 16.3 Å². The largest absolute Gasteiger partial charge is 0.497 e. The van der Waals surface area contributed by atoms with Gasteiger partial charge in [-0.25, -0.2) is 8.42 Å². The van der Waals surface area contributed by atoms with E-state index in [9.17, 15) is 13.2 Å². The van der Waals surface area contributed by atoms with Crippen molar-refractivity contribution in [3.63, 3.8) is 0 Å². The first kappa shape index (κ1) is 24.2. The molecule has 31 heavy (non-hydrogen) atoms. The lowest BCUT2D eigenvalue weighted by molar-refractivity contribution is -0.131. The van der Waals surface area contributed by atoms with Crippen molar-refractivity contribution in [1.82, 2.24) is 4.90 Å². The van der Waals surface area contributed by atoms with E-state index in [2.05, 4.69) is 0 Å². The third kappa shape index (κ3) is 5.76. The van der Waals surface area contributed by atoms with E-state index in [0.29, 0.717) is 17.0 Å². The monoisotopic (exact) mass is 443 g/mol. The molecule has 1 amide bonds. The number of nitrogens with zero attached hydrogens (tertiary/aromatic N) is 3. The molecular weight excluding hydrogens is 414 g/mol. The van der Waals surface area contributed by atoms with Crippen LogP contribution >= 0.6 is 0 Å². The van der Waals surface area contributed by atoms with Crippen LogP contribution in [0.25, 0.3) is 0 Å². The van der Waals surface area contributed by atoms with Gasteiger partial charge in [-0.1, -0.05) is 17.7 Å². The summed E-state index contributed by atoms with van der Waals surface area (Å²) in [5.74, 6) is 0.380. The fourth-order valence-corrected chi connectivity index (χ4v) is 4.91. The molecule has 0 N–H and O–H groups in total. The summed E-state index contributed by atoms with van der Waals surface area (Å²) in [6, 6.07) is 13.7. The van der Waals surface area contributed by atoms with Gasteiger partial charge in [0.05, 0.1) is 30.2 Å². The normalized spacial score (nSPS) is 12.0. The lowest BCUT2D eigenvalue weighted by Crippen LogP contribution is -2.39. The number of aryl methyl sites for hydroxylation is 2. The Morgan fingerprint density at radius 1 is 1.16 bits per heavy atom. The van der Waals surface area contributed by atoms with Crippen molar-refractivity contribution in [3.8, 4) is 11.8 Å². The van der Waals surface area contributed by atoms with Crippen molar-refractivity contribution in [3.05, 3.63) is 53.6 Å². The van der Waals surface area contributed by atoms with E-state index in [1.807, 2.05) is 19.1 Å². The first-order valence-corrected chi connectivity index (χ1v) is 11.4. The Morgan fingerprint density at radius 2 is 1.81 bits per heavy atom. The highest BCUT2D eigenvalue weighted by Gasteiger charge is 2.28. The maximum atomic E-state index is 13.6. The Bertz CT molecular complexity index is 1060. The number of ether oxygens (including phenoxy) is 1. The lowest BCUT2D eigenvalue weighted by atomic mass is 10.2. The summed E-state index contributed by atoms with van der Waals surface area (Å²) < 4.78 is 33.6. The fourth-order valence-electron chi connectivity index (χ4n) is 3.23. The van der Waals surface area contributed by atoms with Gasteiger partial charge in [-0.05, 0) is 56.7 Å². The van der Waals surface area contributed by atoms with Crippen molar-refractivity contribution in [2.45, 2.75) is 44.6 Å². The summed E-state index contributed by atoms with van der Waals surface area (Å²) in [5, 5.41) is 8.87. The van der Waals surface area contributed by atoms with Crippen LogP contribution in [-0.4, -0.2) is 46.0 Å². The van der Waals surface area contributed by atoms with Crippen molar-refractivity contribution in [2.24, 2.45) is 0 Å². The van der Waals surface area contributed by atoms with Crippen LogP contribution in [0.5, 0.6) is 5.75 Å². The highest BCUT2D eigenvalue weighted by Crippen LogP contribution is 2.28. The molecule has 0 saturated heterocycles. The smallest absolute Gasteiger partial charge is 0.264 e. The summed E-state index contributed by atoms with van der Waals surface area (Å²) in [7, 11) is -0.740. The number of sulfonamides is 1. The van der Waals surface area contributed by atoms with E-state index in [4.69, 9.17) is 10.00 Å². The molecule has 7 nitrogen and oxygen atoms in total. The Balaban J connectivity index is 2.39. The minimum absolute atomic E-state index is 0.0115. The number of benzene rings is 2. The van der Waals surface area contributed by atoms with Crippen LogP contribution in [0.4, 0.5) is 5.69 Å². The van der Waals surface area contributed by atoms with Crippen LogP contribution in [0.3, 0.4) is 0 Å². The maximum Gasteiger partial charge on any atom is 0.264 e. The molecule has 2 aromatic carbocycles. The van der Waals surface area contributed by atoms with Gasteiger partial charge in [0.1, 0.15) is 5.75 Å². The molecule has 2 aromatic rings. The Morgan fingerprint density at radius 3 is 2.35 bits per heavy atom. The van der Waals surface area contributed by atoms with Gasteiger partial charge in [0.15, 0.2) is 0 Å². The topological polar surface area (TPSA) is 90.7 Å². The Labute approximate surface area is 184 Å².